The van der Waals surface area contributed by atoms with E-state index >= 15 is 0 Å². The van der Waals surface area contributed by atoms with E-state index in [1.54, 1.807) is 0 Å². The third-order valence-corrected chi connectivity index (χ3v) is 2.90. The average molecular weight is 209 g/mol. The lowest BCUT2D eigenvalue weighted by molar-refractivity contribution is 0.635. The largest absolute Gasteiger partial charge is 0.341 e. The summed E-state index contributed by atoms with van der Waals surface area (Å²) in [6.07, 6.45) is 7.03. The number of nitrogens with zero attached hydrogens (tertiary/aromatic N) is 1. The minimum absolute atomic E-state index is 0.799. The highest BCUT2D eigenvalue weighted by atomic mass is 15.0. The van der Waals surface area contributed by atoms with Crippen LogP contribution in [0.3, 0.4) is 0 Å². The molecule has 0 fully saturated rings. The van der Waals surface area contributed by atoms with Crippen LogP contribution in [0.25, 0.3) is 23.9 Å². The first kappa shape index (κ1) is 10.6. The van der Waals surface area contributed by atoms with Crippen molar-refractivity contribution in [2.75, 3.05) is 0 Å². The molecular formula is C15H15N. The van der Waals surface area contributed by atoms with E-state index in [1.165, 1.54) is 10.8 Å². The summed E-state index contributed by atoms with van der Waals surface area (Å²) in [5, 5.41) is 4.46. The van der Waals surface area contributed by atoms with Crippen LogP contribution in [0, 0.1) is 12.3 Å². The summed E-state index contributed by atoms with van der Waals surface area (Å²) >= 11 is 0. The molecule has 1 aromatic heterocycles. The van der Waals surface area contributed by atoms with Crippen molar-refractivity contribution >= 4 is 23.9 Å². The van der Waals surface area contributed by atoms with E-state index in [0.29, 0.717) is 0 Å². The number of fused-ring (bicyclic) bond motifs is 1. The topological polar surface area (TPSA) is 4.93 Å². The van der Waals surface area contributed by atoms with Crippen LogP contribution in [0.4, 0.5) is 0 Å². The van der Waals surface area contributed by atoms with Crippen LogP contribution >= 0.6 is 0 Å². The maximum atomic E-state index is 5.25. The summed E-state index contributed by atoms with van der Waals surface area (Å²) in [5.41, 5.74) is 0. The second-order valence-corrected chi connectivity index (χ2v) is 3.90. The number of terminal acetylenes is 1. The molecule has 0 aliphatic rings. The van der Waals surface area contributed by atoms with Gasteiger partial charge in [0.1, 0.15) is 0 Å². The van der Waals surface area contributed by atoms with Crippen molar-refractivity contribution in [1.82, 2.24) is 4.57 Å². The Kier molecular flexibility index (Phi) is 2.83. The molecule has 2 rings (SSSR count). The summed E-state index contributed by atoms with van der Waals surface area (Å²) in [7, 11) is 0. The number of hydrogen-bond donors (Lipinski definition) is 0. The minimum Gasteiger partial charge on any atom is -0.341 e. The van der Waals surface area contributed by atoms with E-state index in [2.05, 4.69) is 35.8 Å². The smallest absolute Gasteiger partial charge is 0.0418 e. The lowest BCUT2D eigenvalue weighted by Crippen LogP contribution is -2.25. The van der Waals surface area contributed by atoms with Gasteiger partial charge in [0, 0.05) is 34.4 Å². The number of rotatable bonds is 3. The summed E-state index contributed by atoms with van der Waals surface area (Å²) < 4.78 is 2.15. The van der Waals surface area contributed by atoms with E-state index in [4.69, 9.17) is 6.42 Å². The molecule has 0 amide bonds. The van der Waals surface area contributed by atoms with E-state index in [9.17, 15) is 0 Å². The molecule has 1 heterocycles. The number of benzene rings is 1. The molecule has 0 saturated heterocycles. The van der Waals surface area contributed by atoms with Crippen molar-refractivity contribution in [3.63, 3.8) is 0 Å². The first-order valence-corrected chi connectivity index (χ1v) is 5.44. The van der Waals surface area contributed by atoms with Crippen molar-refractivity contribution in [3.05, 3.63) is 35.0 Å². The molecule has 0 atom stereocenters. The first-order chi connectivity index (χ1) is 7.75. The maximum Gasteiger partial charge on any atom is 0.0418 e. The number of hydrogen-bond acceptors (Lipinski definition) is 0. The van der Waals surface area contributed by atoms with Gasteiger partial charge in [0.2, 0.25) is 0 Å². The zero-order valence-corrected chi connectivity index (χ0v) is 9.37. The van der Waals surface area contributed by atoms with Gasteiger partial charge in [-0.2, -0.15) is 0 Å². The van der Waals surface area contributed by atoms with Gasteiger partial charge in [-0.1, -0.05) is 37.4 Å². The zero-order chi connectivity index (χ0) is 11.5. The van der Waals surface area contributed by atoms with Crippen LogP contribution in [0.2, 0.25) is 0 Å². The predicted molar refractivity (Wildman–Crippen MR) is 70.3 cm³/mol. The zero-order valence-electron chi connectivity index (χ0n) is 9.37. The van der Waals surface area contributed by atoms with Crippen molar-refractivity contribution in [2.24, 2.45) is 0 Å². The van der Waals surface area contributed by atoms with Gasteiger partial charge >= 0.3 is 0 Å². The Morgan fingerprint density at radius 2 is 1.69 bits per heavy atom. The number of unbranched alkanes of at least 4 members (excludes halogenated alkanes) is 1. The molecule has 0 saturated carbocycles. The highest BCUT2D eigenvalue weighted by Crippen LogP contribution is 2.04. The lowest BCUT2D eigenvalue weighted by atomic mass is 10.2. The lowest BCUT2D eigenvalue weighted by Gasteiger charge is -2.01. The fraction of sp³-hybridized carbons (Fsp3) is 0.200. The molecule has 0 aliphatic carbocycles. The monoisotopic (exact) mass is 209 g/mol. The Morgan fingerprint density at radius 1 is 1.12 bits per heavy atom. The fourth-order valence-electron chi connectivity index (χ4n) is 2.05. The molecule has 1 heteroatoms. The second kappa shape index (κ2) is 4.28. The molecular weight excluding hydrogens is 194 g/mol. The molecule has 0 N–H and O–H groups in total. The SMILES string of the molecule is C#CCCCn1c(=C)c2ccccc2c1=C. The van der Waals surface area contributed by atoms with Gasteiger partial charge in [0.15, 0.2) is 0 Å². The second-order valence-electron chi connectivity index (χ2n) is 3.90. The van der Waals surface area contributed by atoms with Crippen LogP contribution in [0.15, 0.2) is 24.3 Å². The highest BCUT2D eigenvalue weighted by molar-refractivity contribution is 5.83. The van der Waals surface area contributed by atoms with Gasteiger partial charge in [0.05, 0.1) is 0 Å². The van der Waals surface area contributed by atoms with E-state index in [1.807, 2.05) is 12.1 Å². The van der Waals surface area contributed by atoms with Gasteiger partial charge in [-0.3, -0.25) is 0 Å². The number of aromatic nitrogens is 1. The molecule has 0 bridgehead atoms. The van der Waals surface area contributed by atoms with Crippen LogP contribution in [-0.4, -0.2) is 4.57 Å². The van der Waals surface area contributed by atoms with Crippen molar-refractivity contribution in [2.45, 2.75) is 19.4 Å². The van der Waals surface area contributed by atoms with Gasteiger partial charge in [-0.25, -0.2) is 0 Å². The molecule has 0 radical (unpaired) electrons. The molecule has 0 unspecified atom stereocenters. The highest BCUT2D eigenvalue weighted by Gasteiger charge is 2.02. The molecule has 1 aromatic carbocycles. The molecule has 80 valence electrons. The summed E-state index contributed by atoms with van der Waals surface area (Å²) in [5.74, 6) is 2.66. The Labute approximate surface area is 95.7 Å². The maximum absolute atomic E-state index is 5.25. The first-order valence-electron chi connectivity index (χ1n) is 5.44. The average Bonchev–Trinajstić information content (AvgIpc) is 2.55. The van der Waals surface area contributed by atoms with Crippen LogP contribution < -0.4 is 10.7 Å². The van der Waals surface area contributed by atoms with E-state index in [-0.39, 0.29) is 0 Å². The van der Waals surface area contributed by atoms with Crippen molar-refractivity contribution in [3.8, 4) is 12.3 Å². The van der Waals surface area contributed by atoms with E-state index < -0.39 is 0 Å². The standard InChI is InChI=1S/C15H15N/c1-4-5-8-11-16-12(2)14-9-6-7-10-15(14)13(16)3/h1,6-7,9-10H,2-3,5,8,11H2. The Balaban J connectivity index is 2.51. The summed E-state index contributed by atoms with van der Waals surface area (Å²) in [4.78, 5) is 0. The molecule has 16 heavy (non-hydrogen) atoms. The third-order valence-electron chi connectivity index (χ3n) is 2.90. The van der Waals surface area contributed by atoms with Gasteiger partial charge in [-0.05, 0) is 6.42 Å². The van der Waals surface area contributed by atoms with Crippen molar-refractivity contribution < 1.29 is 0 Å². The Hall–Kier alpha value is -1.94. The Morgan fingerprint density at radius 3 is 2.19 bits per heavy atom. The van der Waals surface area contributed by atoms with Gasteiger partial charge < -0.3 is 4.57 Å². The molecule has 0 aliphatic heterocycles. The van der Waals surface area contributed by atoms with Gasteiger partial charge in [-0.15, -0.1) is 12.3 Å². The minimum atomic E-state index is 0.799. The summed E-state index contributed by atoms with van der Waals surface area (Å²) in [6.45, 7) is 9.14. The molecule has 1 nitrogen and oxygen atoms in total. The summed E-state index contributed by atoms with van der Waals surface area (Å²) in [6, 6.07) is 8.23. The molecule has 0 spiro atoms. The van der Waals surface area contributed by atoms with E-state index in [0.717, 1.165) is 30.1 Å². The van der Waals surface area contributed by atoms with Crippen LogP contribution in [0.5, 0.6) is 0 Å². The van der Waals surface area contributed by atoms with Gasteiger partial charge in [0.25, 0.3) is 0 Å². The van der Waals surface area contributed by atoms with Crippen molar-refractivity contribution in [1.29, 1.82) is 0 Å². The fourth-order valence-corrected chi connectivity index (χ4v) is 2.05. The predicted octanol–water partition coefficient (Wildman–Crippen LogP) is 1.88. The third kappa shape index (κ3) is 1.63. The normalized spacial score (nSPS) is 10.4. The molecule has 2 aromatic rings. The Bertz CT molecular complexity index is 593. The van der Waals surface area contributed by atoms with Crippen LogP contribution in [-0.2, 0) is 6.54 Å². The van der Waals surface area contributed by atoms with Crippen LogP contribution in [0.1, 0.15) is 12.8 Å². The quantitative estimate of drug-likeness (QED) is 0.537.